The van der Waals surface area contributed by atoms with Gasteiger partial charge < -0.3 is 9.47 Å². The lowest BCUT2D eigenvalue weighted by Crippen LogP contribution is -2.34. The highest BCUT2D eigenvalue weighted by atomic mass is 16.5. The number of imide groups is 1. The third-order valence-corrected chi connectivity index (χ3v) is 4.03. The van der Waals surface area contributed by atoms with E-state index in [1.807, 2.05) is 6.92 Å². The molecule has 7 nitrogen and oxygen atoms in total. The zero-order valence-corrected chi connectivity index (χ0v) is 14.3. The Bertz CT molecular complexity index is 699. The lowest BCUT2D eigenvalue weighted by atomic mass is 10.0. The third kappa shape index (κ3) is 3.60. The van der Waals surface area contributed by atoms with E-state index in [1.165, 1.54) is 6.08 Å². The maximum atomic E-state index is 12.4. The van der Waals surface area contributed by atoms with Gasteiger partial charge in [-0.2, -0.15) is 0 Å². The molecule has 0 N–H and O–H groups in total. The Morgan fingerprint density at radius 1 is 1.04 bits per heavy atom. The predicted molar refractivity (Wildman–Crippen MR) is 87.7 cm³/mol. The van der Waals surface area contributed by atoms with Gasteiger partial charge in [0.25, 0.3) is 11.8 Å². The molecular weight excluding hydrogens is 326 g/mol. The minimum absolute atomic E-state index is 0.0559. The van der Waals surface area contributed by atoms with Crippen LogP contribution in [-0.2, 0) is 19.1 Å². The Hall–Kier alpha value is -2.96. The molecule has 0 bridgehead atoms. The standard InChI is InChI=1S/C18H19NO6/c1-4-11(9-14(17(22)24-2)18(23)25-3)10-19-15(20)12-7-5-6-8-13(12)16(19)21/h5-9,11H,4,10H2,1-3H3/t11-/m0/s1. The normalized spacial score (nSPS) is 14.0. The number of ether oxygens (including phenoxy) is 2. The van der Waals surface area contributed by atoms with Gasteiger partial charge in [-0.25, -0.2) is 9.59 Å². The van der Waals surface area contributed by atoms with Crippen molar-refractivity contribution in [1.29, 1.82) is 0 Å². The summed E-state index contributed by atoms with van der Waals surface area (Å²) in [5, 5.41) is 0. The highest BCUT2D eigenvalue weighted by molar-refractivity contribution is 6.21. The Kier molecular flexibility index (Phi) is 5.69. The molecule has 1 aromatic rings. The SMILES string of the molecule is CC[C@@H](C=C(C(=O)OC)C(=O)OC)CN1C(=O)c2ccccc2C1=O. The molecule has 0 unspecified atom stereocenters. The molecule has 0 radical (unpaired) electrons. The molecule has 25 heavy (non-hydrogen) atoms. The molecule has 0 saturated heterocycles. The van der Waals surface area contributed by atoms with Gasteiger partial charge in [-0.3, -0.25) is 14.5 Å². The highest BCUT2D eigenvalue weighted by Gasteiger charge is 2.36. The average molecular weight is 345 g/mol. The van der Waals surface area contributed by atoms with E-state index in [0.717, 1.165) is 19.1 Å². The molecule has 0 fully saturated rings. The fourth-order valence-corrected chi connectivity index (χ4v) is 2.61. The van der Waals surface area contributed by atoms with E-state index in [9.17, 15) is 19.2 Å². The number of carbonyl (C=O) groups excluding carboxylic acids is 4. The van der Waals surface area contributed by atoms with Crippen LogP contribution in [0.15, 0.2) is 35.9 Å². The van der Waals surface area contributed by atoms with Gasteiger partial charge in [0, 0.05) is 6.54 Å². The predicted octanol–water partition coefficient (Wildman–Crippen LogP) is 1.58. The molecule has 1 aliphatic heterocycles. The second-order valence-corrected chi connectivity index (χ2v) is 5.50. The summed E-state index contributed by atoms with van der Waals surface area (Å²) < 4.78 is 9.18. The fraction of sp³-hybridized carbons (Fsp3) is 0.333. The Morgan fingerprint density at radius 3 is 1.92 bits per heavy atom. The second kappa shape index (κ2) is 7.74. The van der Waals surface area contributed by atoms with Crippen LogP contribution in [0, 0.1) is 5.92 Å². The van der Waals surface area contributed by atoms with Crippen molar-refractivity contribution < 1.29 is 28.7 Å². The van der Waals surface area contributed by atoms with E-state index < -0.39 is 17.9 Å². The van der Waals surface area contributed by atoms with E-state index in [2.05, 4.69) is 9.47 Å². The quantitative estimate of drug-likeness (QED) is 0.256. The summed E-state index contributed by atoms with van der Waals surface area (Å²) in [5.41, 5.74) is 0.452. The average Bonchev–Trinajstić information content (AvgIpc) is 2.88. The van der Waals surface area contributed by atoms with Crippen LogP contribution in [0.1, 0.15) is 34.1 Å². The van der Waals surface area contributed by atoms with E-state index in [4.69, 9.17) is 0 Å². The number of benzene rings is 1. The summed E-state index contributed by atoms with van der Waals surface area (Å²) in [4.78, 5) is 49.5. The first-order valence-electron chi connectivity index (χ1n) is 7.78. The van der Waals surface area contributed by atoms with Gasteiger partial charge >= 0.3 is 11.9 Å². The monoisotopic (exact) mass is 345 g/mol. The number of fused-ring (bicyclic) bond motifs is 1. The molecule has 0 aromatic heterocycles. The van der Waals surface area contributed by atoms with Crippen LogP contribution >= 0.6 is 0 Å². The number of carbonyl (C=O) groups is 4. The van der Waals surface area contributed by atoms with Crippen molar-refractivity contribution in [3.63, 3.8) is 0 Å². The first-order valence-corrected chi connectivity index (χ1v) is 7.78. The van der Waals surface area contributed by atoms with Gasteiger partial charge in [0.05, 0.1) is 25.3 Å². The van der Waals surface area contributed by atoms with Gasteiger partial charge in [0.2, 0.25) is 0 Å². The van der Waals surface area contributed by atoms with Crippen molar-refractivity contribution in [1.82, 2.24) is 4.90 Å². The lowest BCUT2D eigenvalue weighted by molar-refractivity contribution is -0.144. The summed E-state index contributed by atoms with van der Waals surface area (Å²) >= 11 is 0. The van der Waals surface area contributed by atoms with Crippen LogP contribution in [0.2, 0.25) is 0 Å². The molecule has 1 aromatic carbocycles. The van der Waals surface area contributed by atoms with Crippen molar-refractivity contribution in [2.24, 2.45) is 5.92 Å². The summed E-state index contributed by atoms with van der Waals surface area (Å²) in [7, 11) is 2.31. The number of nitrogens with zero attached hydrogens (tertiary/aromatic N) is 1. The Labute approximate surface area is 145 Å². The van der Waals surface area contributed by atoms with Crippen molar-refractivity contribution in [2.75, 3.05) is 20.8 Å². The van der Waals surface area contributed by atoms with Crippen molar-refractivity contribution >= 4 is 23.8 Å². The summed E-state index contributed by atoms with van der Waals surface area (Å²) in [6.07, 6.45) is 1.89. The maximum Gasteiger partial charge on any atom is 0.344 e. The maximum absolute atomic E-state index is 12.4. The molecule has 1 atom stereocenters. The van der Waals surface area contributed by atoms with E-state index in [-0.39, 0.29) is 23.9 Å². The minimum Gasteiger partial charge on any atom is -0.465 e. The molecule has 2 rings (SSSR count). The summed E-state index contributed by atoms with van der Waals surface area (Å²) in [5.74, 6) is -2.81. The number of amides is 2. The molecular formula is C18H19NO6. The molecule has 7 heteroatoms. The van der Waals surface area contributed by atoms with Crippen LogP contribution in [0.4, 0.5) is 0 Å². The zero-order valence-electron chi connectivity index (χ0n) is 14.3. The van der Waals surface area contributed by atoms with Crippen molar-refractivity contribution in [3.05, 3.63) is 47.0 Å². The zero-order chi connectivity index (χ0) is 18.6. The van der Waals surface area contributed by atoms with Gasteiger partial charge in [0.15, 0.2) is 0 Å². The van der Waals surface area contributed by atoms with Crippen LogP contribution < -0.4 is 0 Å². The second-order valence-electron chi connectivity index (χ2n) is 5.50. The van der Waals surface area contributed by atoms with Crippen LogP contribution in [0.3, 0.4) is 0 Å². The summed E-state index contributed by atoms with van der Waals surface area (Å²) in [6, 6.07) is 6.58. The fourth-order valence-electron chi connectivity index (χ4n) is 2.61. The number of rotatable bonds is 6. The minimum atomic E-state index is -0.826. The van der Waals surface area contributed by atoms with Gasteiger partial charge in [-0.1, -0.05) is 25.1 Å². The third-order valence-electron chi connectivity index (χ3n) is 4.03. The van der Waals surface area contributed by atoms with Crippen LogP contribution in [-0.4, -0.2) is 49.4 Å². The first kappa shape index (κ1) is 18.4. The van der Waals surface area contributed by atoms with Gasteiger partial charge in [-0.15, -0.1) is 0 Å². The Balaban J connectivity index is 2.27. The van der Waals surface area contributed by atoms with Crippen LogP contribution in [0.5, 0.6) is 0 Å². The topological polar surface area (TPSA) is 90.0 Å². The van der Waals surface area contributed by atoms with Crippen LogP contribution in [0.25, 0.3) is 0 Å². The summed E-state index contributed by atoms with van der Waals surface area (Å²) in [6.45, 7) is 1.88. The Morgan fingerprint density at radius 2 is 1.52 bits per heavy atom. The molecule has 0 aliphatic carbocycles. The molecule has 2 amide bonds. The molecule has 0 saturated carbocycles. The van der Waals surface area contributed by atoms with Gasteiger partial charge in [0.1, 0.15) is 5.57 Å². The molecule has 132 valence electrons. The van der Waals surface area contributed by atoms with E-state index in [0.29, 0.717) is 17.5 Å². The highest BCUT2D eigenvalue weighted by Crippen LogP contribution is 2.24. The number of hydrogen-bond donors (Lipinski definition) is 0. The largest absolute Gasteiger partial charge is 0.465 e. The number of hydrogen-bond acceptors (Lipinski definition) is 6. The smallest absolute Gasteiger partial charge is 0.344 e. The number of esters is 2. The first-order chi connectivity index (χ1) is 11.9. The van der Waals surface area contributed by atoms with E-state index >= 15 is 0 Å². The molecule has 0 spiro atoms. The lowest BCUT2D eigenvalue weighted by Gasteiger charge is -2.19. The molecule has 1 heterocycles. The number of methoxy groups -OCH3 is 2. The van der Waals surface area contributed by atoms with Crippen molar-refractivity contribution in [2.45, 2.75) is 13.3 Å². The van der Waals surface area contributed by atoms with E-state index in [1.54, 1.807) is 24.3 Å². The molecule has 1 aliphatic rings. The van der Waals surface area contributed by atoms with Crippen molar-refractivity contribution in [3.8, 4) is 0 Å². The van der Waals surface area contributed by atoms with Gasteiger partial charge in [-0.05, 0) is 24.5 Å².